The van der Waals surface area contributed by atoms with Gasteiger partial charge in [0.05, 0.1) is 30.9 Å². The number of fused-ring (bicyclic) bond motifs is 2. The van der Waals surface area contributed by atoms with Gasteiger partial charge in [0.1, 0.15) is 42.3 Å². The lowest BCUT2D eigenvalue weighted by molar-refractivity contribution is -0.253. The Hall–Kier alpha value is -5.95. The first-order valence-corrected chi connectivity index (χ1v) is 21.8. The van der Waals surface area contributed by atoms with Gasteiger partial charge in [-0.25, -0.2) is 4.79 Å². The van der Waals surface area contributed by atoms with Gasteiger partial charge >= 0.3 is 6.09 Å². The molecule has 1 amide bonds. The second kappa shape index (κ2) is 21.4. The van der Waals surface area contributed by atoms with Gasteiger partial charge in [-0.1, -0.05) is 90.8 Å². The highest BCUT2D eigenvalue weighted by atomic mass is 16.7. The smallest absolute Gasteiger partial charge is 0.410 e. The fourth-order valence-electron chi connectivity index (χ4n) is 9.50. The van der Waals surface area contributed by atoms with E-state index in [0.29, 0.717) is 47.1 Å². The van der Waals surface area contributed by atoms with Gasteiger partial charge in [0.2, 0.25) is 5.79 Å². The van der Waals surface area contributed by atoms with E-state index in [1.807, 2.05) is 78.9 Å². The van der Waals surface area contributed by atoms with Crippen molar-refractivity contribution in [1.82, 2.24) is 4.90 Å². The van der Waals surface area contributed by atoms with E-state index in [2.05, 4.69) is 12.7 Å². The molecule has 4 aromatic carbocycles. The Kier molecular flexibility index (Phi) is 15.3. The molecule has 2 aliphatic carbocycles. The van der Waals surface area contributed by atoms with Crippen LogP contribution in [-0.2, 0) is 27.5 Å². The minimum absolute atomic E-state index is 0.0110. The lowest BCUT2D eigenvalue weighted by atomic mass is 9.55. The fourth-order valence-corrected chi connectivity index (χ4v) is 9.50. The number of allylic oxidation sites excluding steroid dienone is 1. The standard InChI is InChI=1S/C51H58N2O10/c1-4-27-60-51-47(53(2)50(57)59-33-35-15-7-5-8-16-35)31-44(52-61-34-36-17-9-6-10-18-36)42-29-37(19-11-13-25-54)41(20-12-14-26-55)48(49(42)51)43-30-40(22-24-46(43)63-51)62-39-21-23-45(58-3)38(28-39)32-56/h4-10,15-18,21-24,28-30,32,37,41,47-49,54-55H,1,11-14,19-20,25-27,31,33-34H2,2-3H3. The minimum Gasteiger partial charge on any atom is -0.496 e. The molecule has 0 aromatic heterocycles. The number of carbonyl (C=O) groups is 2. The number of rotatable bonds is 21. The number of ether oxygens (including phenoxy) is 5. The van der Waals surface area contributed by atoms with E-state index in [0.717, 1.165) is 54.2 Å². The van der Waals surface area contributed by atoms with Crippen molar-refractivity contribution >= 4 is 18.1 Å². The molecule has 1 saturated carbocycles. The summed E-state index contributed by atoms with van der Waals surface area (Å²) in [6.07, 6.45) is 8.83. The van der Waals surface area contributed by atoms with Gasteiger partial charge < -0.3 is 43.6 Å². The predicted molar refractivity (Wildman–Crippen MR) is 239 cm³/mol. The maximum absolute atomic E-state index is 14.2. The molecular weight excluding hydrogens is 801 g/mol. The third kappa shape index (κ3) is 10.1. The van der Waals surface area contributed by atoms with Crippen LogP contribution in [0.5, 0.6) is 23.0 Å². The molecule has 6 unspecified atom stereocenters. The molecular formula is C51H58N2O10. The summed E-state index contributed by atoms with van der Waals surface area (Å²) in [6, 6.07) is 29.4. The predicted octanol–water partition coefficient (Wildman–Crippen LogP) is 9.40. The van der Waals surface area contributed by atoms with Crippen LogP contribution in [0.2, 0.25) is 0 Å². The average molecular weight is 859 g/mol. The molecule has 332 valence electrons. The van der Waals surface area contributed by atoms with Crippen LogP contribution in [0.15, 0.2) is 127 Å². The lowest BCUT2D eigenvalue weighted by Gasteiger charge is -2.59. The van der Waals surface area contributed by atoms with Crippen molar-refractivity contribution in [2.45, 2.75) is 75.9 Å². The summed E-state index contributed by atoms with van der Waals surface area (Å²) in [5, 5.41) is 24.8. The van der Waals surface area contributed by atoms with Crippen molar-refractivity contribution in [3.8, 4) is 23.0 Å². The molecule has 0 radical (unpaired) electrons. The normalized spacial score (nSPS) is 22.7. The first-order chi connectivity index (χ1) is 30.8. The number of unbranched alkanes of at least 4 members (excludes halogenated alkanes) is 2. The van der Waals surface area contributed by atoms with Crippen LogP contribution in [-0.4, -0.2) is 79.0 Å². The van der Waals surface area contributed by atoms with E-state index < -0.39 is 23.8 Å². The maximum Gasteiger partial charge on any atom is 0.410 e. The van der Waals surface area contributed by atoms with Gasteiger partial charge in [-0.15, -0.1) is 6.58 Å². The highest BCUT2D eigenvalue weighted by molar-refractivity contribution is 6.03. The van der Waals surface area contributed by atoms with Gasteiger partial charge in [-0.3, -0.25) is 4.79 Å². The number of aldehydes is 1. The summed E-state index contributed by atoms with van der Waals surface area (Å²) in [5.74, 6) is -0.156. The summed E-state index contributed by atoms with van der Waals surface area (Å²) < 4.78 is 32.0. The topological polar surface area (TPSA) is 146 Å². The third-order valence-electron chi connectivity index (χ3n) is 12.4. The van der Waals surface area contributed by atoms with Crippen LogP contribution in [0.3, 0.4) is 0 Å². The molecule has 6 atom stereocenters. The van der Waals surface area contributed by atoms with Crippen molar-refractivity contribution in [1.29, 1.82) is 0 Å². The first-order valence-electron chi connectivity index (χ1n) is 21.8. The summed E-state index contributed by atoms with van der Waals surface area (Å²) in [6.45, 7) is 4.61. The van der Waals surface area contributed by atoms with Crippen LogP contribution in [0.4, 0.5) is 4.79 Å². The summed E-state index contributed by atoms with van der Waals surface area (Å²) in [4.78, 5) is 33.9. The van der Waals surface area contributed by atoms with Gasteiger partial charge in [0.25, 0.3) is 0 Å². The van der Waals surface area contributed by atoms with Gasteiger partial charge in [0.15, 0.2) is 6.29 Å². The number of aliphatic hydroxyl groups excluding tert-OH is 2. The van der Waals surface area contributed by atoms with Crippen LogP contribution in [0, 0.1) is 17.8 Å². The Labute approximate surface area is 369 Å². The van der Waals surface area contributed by atoms with E-state index in [9.17, 15) is 19.8 Å². The quantitative estimate of drug-likeness (QED) is 0.0360. The zero-order valence-electron chi connectivity index (χ0n) is 36.1. The molecule has 1 fully saturated rings. The Morgan fingerprint density at radius 3 is 2.27 bits per heavy atom. The Bertz CT molecular complexity index is 2230. The van der Waals surface area contributed by atoms with Gasteiger partial charge in [-0.05, 0) is 90.6 Å². The molecule has 2 N–H and O–H groups in total. The first kappa shape index (κ1) is 45.1. The van der Waals surface area contributed by atoms with Gasteiger partial charge in [0, 0.05) is 38.2 Å². The molecule has 12 heteroatoms. The molecule has 0 spiro atoms. The molecule has 63 heavy (non-hydrogen) atoms. The molecule has 3 aliphatic rings. The largest absolute Gasteiger partial charge is 0.496 e. The zero-order chi connectivity index (χ0) is 44.2. The van der Waals surface area contributed by atoms with E-state index in [4.69, 9.17) is 33.7 Å². The second-order valence-electron chi connectivity index (χ2n) is 16.3. The van der Waals surface area contributed by atoms with Gasteiger partial charge in [-0.2, -0.15) is 0 Å². The summed E-state index contributed by atoms with van der Waals surface area (Å²) in [5.41, 5.74) is 4.65. The molecule has 12 nitrogen and oxygen atoms in total. The highest BCUT2D eigenvalue weighted by Crippen LogP contribution is 2.62. The highest BCUT2D eigenvalue weighted by Gasteiger charge is 2.65. The Morgan fingerprint density at radius 2 is 1.59 bits per heavy atom. The SMILES string of the molecule is C=CCOC12Oc3ccc(Oc4ccc(OC)c(C=O)c4)cc3C3C(CCCCO)C(CCCCO)C=C(C(=NOCc4ccccc4)CC1N(C)C(=O)OCc1ccccc1)C32. The van der Waals surface area contributed by atoms with Crippen molar-refractivity contribution in [3.05, 3.63) is 144 Å². The van der Waals surface area contributed by atoms with E-state index in [-0.39, 0.29) is 57.2 Å². The van der Waals surface area contributed by atoms with E-state index in [1.165, 1.54) is 7.11 Å². The lowest BCUT2D eigenvalue weighted by Crippen LogP contribution is -2.69. The number of carbonyl (C=O) groups excluding carboxylic acids is 2. The molecule has 0 bridgehead atoms. The Morgan fingerprint density at radius 1 is 0.905 bits per heavy atom. The van der Waals surface area contributed by atoms with Crippen molar-refractivity contribution in [2.24, 2.45) is 22.9 Å². The minimum atomic E-state index is -1.45. The Balaban J connectivity index is 1.38. The monoisotopic (exact) mass is 858 g/mol. The number of amides is 1. The van der Waals surface area contributed by atoms with Crippen molar-refractivity contribution in [3.63, 3.8) is 0 Å². The van der Waals surface area contributed by atoms with Crippen molar-refractivity contribution in [2.75, 3.05) is 34.0 Å². The molecule has 1 heterocycles. The molecule has 0 saturated heterocycles. The number of benzene rings is 4. The summed E-state index contributed by atoms with van der Waals surface area (Å²) >= 11 is 0. The zero-order valence-corrected chi connectivity index (χ0v) is 36.1. The van der Waals surface area contributed by atoms with E-state index in [1.54, 1.807) is 36.2 Å². The van der Waals surface area contributed by atoms with Crippen LogP contribution < -0.4 is 14.2 Å². The number of aliphatic hydroxyl groups is 2. The van der Waals surface area contributed by atoms with Crippen molar-refractivity contribution < 1.29 is 48.3 Å². The van der Waals surface area contributed by atoms with E-state index >= 15 is 0 Å². The number of hydrogen-bond donors (Lipinski definition) is 2. The molecule has 4 aromatic rings. The fraction of sp³-hybridized carbons (Fsp3) is 0.392. The number of methoxy groups -OCH3 is 1. The average Bonchev–Trinajstić information content (AvgIpc) is 3.31. The second-order valence-corrected chi connectivity index (χ2v) is 16.3. The van der Waals surface area contributed by atoms with Crippen LogP contribution >= 0.6 is 0 Å². The van der Waals surface area contributed by atoms with Crippen LogP contribution in [0.1, 0.15) is 77.9 Å². The maximum atomic E-state index is 14.2. The number of likely N-dealkylation sites (N-methyl/N-ethyl adjacent to an activating group) is 1. The number of hydrogen-bond acceptors (Lipinski definition) is 11. The van der Waals surface area contributed by atoms with Crippen LogP contribution in [0.25, 0.3) is 0 Å². The number of oxime groups is 1. The molecule has 1 aliphatic heterocycles. The number of nitrogens with zero attached hydrogens (tertiary/aromatic N) is 2. The summed E-state index contributed by atoms with van der Waals surface area (Å²) in [7, 11) is 3.22. The molecule has 7 rings (SSSR count). The third-order valence-corrected chi connectivity index (χ3v) is 12.4.